The molecule has 0 spiro atoms. The molecule has 6 nitrogen and oxygen atoms in total. The lowest BCUT2D eigenvalue weighted by atomic mass is 10.1. The lowest BCUT2D eigenvalue weighted by Gasteiger charge is -2.23. The SMILES string of the molecule is O=C(CC1C(=O)N(c2ccccc2)C(=S)N1Cc1ccccn1)Nc1ccc(F)cc1. The first-order valence-electron chi connectivity index (χ1n) is 9.68. The van der Waals surface area contributed by atoms with Crippen molar-refractivity contribution in [3.8, 4) is 0 Å². The van der Waals surface area contributed by atoms with Crippen LogP contribution in [0.3, 0.4) is 0 Å². The van der Waals surface area contributed by atoms with Crippen molar-refractivity contribution in [2.75, 3.05) is 10.2 Å². The number of para-hydroxylation sites is 1. The number of halogens is 1. The first-order chi connectivity index (χ1) is 15.0. The van der Waals surface area contributed by atoms with Crippen LogP contribution in [0.25, 0.3) is 0 Å². The van der Waals surface area contributed by atoms with Gasteiger partial charge in [-0.3, -0.25) is 19.5 Å². The molecule has 1 fully saturated rings. The quantitative estimate of drug-likeness (QED) is 0.599. The number of anilines is 2. The maximum atomic E-state index is 13.3. The van der Waals surface area contributed by atoms with Crippen LogP contribution in [-0.4, -0.2) is 32.9 Å². The van der Waals surface area contributed by atoms with E-state index in [0.29, 0.717) is 23.0 Å². The number of thiocarbonyl (C=S) groups is 1. The normalized spacial score (nSPS) is 16.0. The molecule has 1 unspecified atom stereocenters. The molecule has 0 radical (unpaired) electrons. The molecule has 1 aromatic heterocycles. The predicted octanol–water partition coefficient (Wildman–Crippen LogP) is 3.75. The van der Waals surface area contributed by atoms with Crippen LogP contribution >= 0.6 is 12.2 Å². The number of carbonyl (C=O) groups is 2. The molecule has 1 aliphatic rings. The summed E-state index contributed by atoms with van der Waals surface area (Å²) in [5.41, 5.74) is 1.83. The van der Waals surface area contributed by atoms with Crippen LogP contribution in [0.5, 0.6) is 0 Å². The molecule has 0 aliphatic carbocycles. The summed E-state index contributed by atoms with van der Waals surface area (Å²) in [6.45, 7) is 0.295. The van der Waals surface area contributed by atoms with Crippen LogP contribution in [0, 0.1) is 5.82 Å². The number of carbonyl (C=O) groups excluding carboxylic acids is 2. The van der Waals surface area contributed by atoms with Crippen molar-refractivity contribution in [2.24, 2.45) is 0 Å². The van der Waals surface area contributed by atoms with E-state index in [1.165, 1.54) is 29.2 Å². The second kappa shape index (κ2) is 9.01. The fraction of sp³-hybridized carbons (Fsp3) is 0.130. The van der Waals surface area contributed by atoms with Crippen LogP contribution in [0.2, 0.25) is 0 Å². The molecule has 31 heavy (non-hydrogen) atoms. The third-order valence-electron chi connectivity index (χ3n) is 4.90. The Morgan fingerprint density at radius 1 is 1.03 bits per heavy atom. The summed E-state index contributed by atoms with van der Waals surface area (Å²) in [5, 5.41) is 3.03. The van der Waals surface area contributed by atoms with E-state index in [1.807, 2.05) is 30.3 Å². The van der Waals surface area contributed by atoms with Gasteiger partial charge in [-0.15, -0.1) is 0 Å². The smallest absolute Gasteiger partial charge is 0.256 e. The summed E-state index contributed by atoms with van der Waals surface area (Å²) in [5.74, 6) is -1.04. The Labute approximate surface area is 184 Å². The number of benzene rings is 2. The van der Waals surface area contributed by atoms with Gasteiger partial charge in [0.2, 0.25) is 5.91 Å². The molecular formula is C23H19FN4O2S. The van der Waals surface area contributed by atoms with Gasteiger partial charge in [0.1, 0.15) is 11.9 Å². The van der Waals surface area contributed by atoms with Gasteiger partial charge in [0.15, 0.2) is 5.11 Å². The average Bonchev–Trinajstić information content (AvgIpc) is 3.00. The first kappa shape index (κ1) is 20.6. The standard InChI is InChI=1S/C23H19FN4O2S/c24-16-9-11-17(12-10-16)26-21(29)14-20-22(30)28(19-7-2-1-3-8-19)23(31)27(20)15-18-6-4-5-13-25-18/h1-13,20H,14-15H2,(H,26,29). The number of aromatic nitrogens is 1. The topological polar surface area (TPSA) is 65.5 Å². The van der Waals surface area contributed by atoms with Gasteiger partial charge in [0.25, 0.3) is 5.91 Å². The maximum absolute atomic E-state index is 13.3. The second-order valence-electron chi connectivity index (χ2n) is 7.02. The Bertz CT molecular complexity index is 1090. The molecule has 0 saturated carbocycles. The maximum Gasteiger partial charge on any atom is 0.256 e. The molecule has 8 heteroatoms. The highest BCUT2D eigenvalue weighted by atomic mass is 32.1. The van der Waals surface area contributed by atoms with E-state index in [1.54, 1.807) is 29.3 Å². The number of pyridine rings is 1. The predicted molar refractivity (Wildman–Crippen MR) is 120 cm³/mol. The number of hydrogen-bond donors (Lipinski definition) is 1. The Kier molecular flexibility index (Phi) is 5.99. The minimum atomic E-state index is -0.782. The molecule has 1 N–H and O–H groups in total. The van der Waals surface area contributed by atoms with Gasteiger partial charge in [-0.05, 0) is 60.7 Å². The second-order valence-corrected chi connectivity index (χ2v) is 7.38. The summed E-state index contributed by atoms with van der Waals surface area (Å²) in [4.78, 5) is 33.5. The summed E-state index contributed by atoms with van der Waals surface area (Å²) >= 11 is 5.62. The lowest BCUT2D eigenvalue weighted by molar-refractivity contribution is -0.124. The molecule has 2 heterocycles. The Hall–Kier alpha value is -3.65. The fourth-order valence-electron chi connectivity index (χ4n) is 3.42. The van der Waals surface area contributed by atoms with E-state index in [0.717, 1.165) is 5.69 Å². The fourth-order valence-corrected chi connectivity index (χ4v) is 3.80. The number of rotatable bonds is 6. The molecule has 0 bridgehead atoms. The van der Waals surface area contributed by atoms with E-state index in [9.17, 15) is 14.0 Å². The highest BCUT2D eigenvalue weighted by molar-refractivity contribution is 7.80. The van der Waals surface area contributed by atoms with Crippen LogP contribution < -0.4 is 10.2 Å². The monoisotopic (exact) mass is 434 g/mol. The van der Waals surface area contributed by atoms with Crippen molar-refractivity contribution in [3.63, 3.8) is 0 Å². The summed E-state index contributed by atoms with van der Waals surface area (Å²) < 4.78 is 13.1. The summed E-state index contributed by atoms with van der Waals surface area (Å²) in [6.07, 6.45) is 1.56. The zero-order valence-corrected chi connectivity index (χ0v) is 17.3. The minimum absolute atomic E-state index is 0.105. The number of hydrogen-bond acceptors (Lipinski definition) is 4. The van der Waals surface area contributed by atoms with Gasteiger partial charge in [-0.1, -0.05) is 24.3 Å². The summed E-state index contributed by atoms with van der Waals surface area (Å²) in [7, 11) is 0. The molecule has 3 aromatic rings. The van der Waals surface area contributed by atoms with E-state index < -0.39 is 11.9 Å². The average molecular weight is 434 g/mol. The number of nitrogens with one attached hydrogen (secondary N) is 1. The van der Waals surface area contributed by atoms with E-state index in [2.05, 4.69) is 10.3 Å². The molecular weight excluding hydrogens is 415 g/mol. The molecule has 1 saturated heterocycles. The first-order valence-corrected chi connectivity index (χ1v) is 10.1. The van der Waals surface area contributed by atoms with Crippen molar-refractivity contribution >= 4 is 40.5 Å². The molecule has 2 aromatic carbocycles. The lowest BCUT2D eigenvalue weighted by Crippen LogP contribution is -2.37. The van der Waals surface area contributed by atoms with E-state index in [-0.39, 0.29) is 18.2 Å². The van der Waals surface area contributed by atoms with Crippen molar-refractivity contribution in [3.05, 3.63) is 90.5 Å². The zero-order chi connectivity index (χ0) is 21.8. The van der Waals surface area contributed by atoms with Crippen LogP contribution in [0.4, 0.5) is 15.8 Å². The van der Waals surface area contributed by atoms with Gasteiger partial charge in [0, 0.05) is 11.9 Å². The molecule has 4 rings (SSSR count). The Morgan fingerprint density at radius 3 is 2.42 bits per heavy atom. The van der Waals surface area contributed by atoms with Crippen LogP contribution in [-0.2, 0) is 16.1 Å². The number of nitrogens with zero attached hydrogens (tertiary/aromatic N) is 3. The van der Waals surface area contributed by atoms with E-state index >= 15 is 0 Å². The molecule has 1 atom stereocenters. The largest absolute Gasteiger partial charge is 0.330 e. The molecule has 156 valence electrons. The van der Waals surface area contributed by atoms with Crippen molar-refractivity contribution in [1.29, 1.82) is 0 Å². The highest BCUT2D eigenvalue weighted by Crippen LogP contribution is 2.28. The van der Waals surface area contributed by atoms with Crippen molar-refractivity contribution in [2.45, 2.75) is 19.0 Å². The zero-order valence-electron chi connectivity index (χ0n) is 16.4. The minimum Gasteiger partial charge on any atom is -0.330 e. The van der Waals surface area contributed by atoms with Gasteiger partial charge in [-0.25, -0.2) is 4.39 Å². The Balaban J connectivity index is 1.58. The summed E-state index contributed by atoms with van der Waals surface area (Å²) in [6, 6.07) is 19.3. The van der Waals surface area contributed by atoms with Crippen LogP contribution in [0.1, 0.15) is 12.1 Å². The third-order valence-corrected chi connectivity index (χ3v) is 5.32. The van der Waals surface area contributed by atoms with Gasteiger partial charge >= 0.3 is 0 Å². The molecule has 2 amide bonds. The van der Waals surface area contributed by atoms with E-state index in [4.69, 9.17) is 12.2 Å². The highest BCUT2D eigenvalue weighted by Gasteiger charge is 2.44. The van der Waals surface area contributed by atoms with Crippen molar-refractivity contribution < 1.29 is 14.0 Å². The Morgan fingerprint density at radius 2 is 1.74 bits per heavy atom. The third kappa shape index (κ3) is 4.59. The van der Waals surface area contributed by atoms with Gasteiger partial charge < -0.3 is 10.2 Å². The van der Waals surface area contributed by atoms with Gasteiger partial charge in [-0.2, -0.15) is 0 Å². The number of amides is 2. The van der Waals surface area contributed by atoms with Gasteiger partial charge in [0.05, 0.1) is 24.3 Å². The molecule has 1 aliphatic heterocycles. The van der Waals surface area contributed by atoms with Crippen LogP contribution in [0.15, 0.2) is 79.0 Å². The van der Waals surface area contributed by atoms with Crippen molar-refractivity contribution in [1.82, 2.24) is 9.88 Å².